The van der Waals surface area contributed by atoms with Crippen LogP contribution in [0.1, 0.15) is 28.4 Å². The maximum Gasteiger partial charge on any atom is 0.365 e. The van der Waals surface area contributed by atoms with Gasteiger partial charge < -0.3 is 4.84 Å². The zero-order chi connectivity index (χ0) is 17.6. The number of carbonyl (C=O) groups is 1. The van der Waals surface area contributed by atoms with Crippen LogP contribution in [0.4, 0.5) is 0 Å². The van der Waals surface area contributed by atoms with Crippen molar-refractivity contribution >= 4 is 11.7 Å². The van der Waals surface area contributed by atoms with Gasteiger partial charge in [-0.3, -0.25) is 0 Å². The van der Waals surface area contributed by atoms with E-state index in [2.05, 4.69) is 5.16 Å². The van der Waals surface area contributed by atoms with Crippen molar-refractivity contribution in [1.82, 2.24) is 0 Å². The van der Waals surface area contributed by atoms with E-state index in [1.54, 1.807) is 12.1 Å². The van der Waals surface area contributed by atoms with Crippen LogP contribution in [0.3, 0.4) is 0 Å². The van der Waals surface area contributed by atoms with Crippen molar-refractivity contribution in [2.24, 2.45) is 5.16 Å². The van der Waals surface area contributed by atoms with Crippen molar-refractivity contribution < 1.29 is 9.63 Å². The number of hydrogen-bond acceptors (Lipinski definition) is 3. The lowest BCUT2D eigenvalue weighted by Gasteiger charge is -2.04. The molecular weight excluding hydrogens is 310 g/mol. The van der Waals surface area contributed by atoms with E-state index in [0.717, 1.165) is 16.7 Å². The van der Waals surface area contributed by atoms with E-state index >= 15 is 0 Å². The molecule has 0 spiro atoms. The van der Waals surface area contributed by atoms with E-state index in [1.807, 2.05) is 80.6 Å². The summed E-state index contributed by atoms with van der Waals surface area (Å²) in [4.78, 5) is 17.2. The molecule has 0 saturated heterocycles. The second kappa shape index (κ2) is 7.58. The Labute approximate surface area is 147 Å². The van der Waals surface area contributed by atoms with E-state index in [0.29, 0.717) is 11.3 Å². The van der Waals surface area contributed by atoms with Crippen molar-refractivity contribution in [1.29, 1.82) is 0 Å². The molecule has 3 aromatic carbocycles. The SMILES string of the molecule is CC(=NOC(=O)c1ccc(-c2ccccc2)cc1)c1ccc(C)cc1. The molecule has 0 aromatic heterocycles. The van der Waals surface area contributed by atoms with Gasteiger partial charge in [0.15, 0.2) is 0 Å². The first-order valence-electron chi connectivity index (χ1n) is 8.12. The van der Waals surface area contributed by atoms with Gasteiger partial charge in [-0.25, -0.2) is 4.79 Å². The Morgan fingerprint density at radius 2 is 1.32 bits per heavy atom. The van der Waals surface area contributed by atoms with Crippen LogP contribution >= 0.6 is 0 Å². The Hall–Kier alpha value is -3.20. The van der Waals surface area contributed by atoms with E-state index in [1.165, 1.54) is 5.56 Å². The van der Waals surface area contributed by atoms with Gasteiger partial charge in [-0.05, 0) is 42.7 Å². The summed E-state index contributed by atoms with van der Waals surface area (Å²) in [6.45, 7) is 3.84. The van der Waals surface area contributed by atoms with Crippen LogP contribution in [-0.2, 0) is 4.84 Å². The minimum atomic E-state index is -0.467. The van der Waals surface area contributed by atoms with Gasteiger partial charge in [0.25, 0.3) is 0 Å². The number of oxime groups is 1. The van der Waals surface area contributed by atoms with Gasteiger partial charge in [-0.1, -0.05) is 77.4 Å². The van der Waals surface area contributed by atoms with Crippen LogP contribution in [0.2, 0.25) is 0 Å². The molecule has 0 atom stereocenters. The van der Waals surface area contributed by atoms with Gasteiger partial charge in [-0.2, -0.15) is 0 Å². The topological polar surface area (TPSA) is 38.7 Å². The van der Waals surface area contributed by atoms with Crippen molar-refractivity contribution in [2.75, 3.05) is 0 Å². The van der Waals surface area contributed by atoms with E-state index < -0.39 is 5.97 Å². The number of aryl methyl sites for hydroxylation is 1. The number of carbonyl (C=O) groups excluding carboxylic acids is 1. The molecule has 0 N–H and O–H groups in total. The average Bonchev–Trinajstić information content (AvgIpc) is 2.67. The molecule has 25 heavy (non-hydrogen) atoms. The summed E-state index contributed by atoms with van der Waals surface area (Å²) >= 11 is 0. The van der Waals surface area contributed by atoms with Gasteiger partial charge in [-0.15, -0.1) is 0 Å². The number of benzene rings is 3. The third-order valence-corrected chi connectivity index (χ3v) is 3.96. The Morgan fingerprint density at radius 3 is 1.96 bits per heavy atom. The molecule has 0 aliphatic carbocycles. The summed E-state index contributed by atoms with van der Waals surface area (Å²) in [7, 11) is 0. The first-order chi connectivity index (χ1) is 12.1. The fourth-order valence-corrected chi connectivity index (χ4v) is 2.44. The van der Waals surface area contributed by atoms with Gasteiger partial charge in [0.1, 0.15) is 0 Å². The highest BCUT2D eigenvalue weighted by molar-refractivity contribution is 5.99. The standard InChI is InChI=1S/C22H19NO2/c1-16-8-10-18(11-9-16)17(2)23-25-22(24)21-14-12-20(13-15-21)19-6-4-3-5-7-19/h3-15H,1-2H3. The highest BCUT2D eigenvalue weighted by Gasteiger charge is 2.08. The summed E-state index contributed by atoms with van der Waals surface area (Å²) in [6, 6.07) is 25.2. The summed E-state index contributed by atoms with van der Waals surface area (Å²) < 4.78 is 0. The lowest BCUT2D eigenvalue weighted by Crippen LogP contribution is -2.04. The van der Waals surface area contributed by atoms with Crippen LogP contribution in [0.25, 0.3) is 11.1 Å². The normalized spacial score (nSPS) is 11.2. The van der Waals surface area contributed by atoms with Gasteiger partial charge in [0.2, 0.25) is 0 Å². The molecule has 124 valence electrons. The Morgan fingerprint density at radius 1 is 0.760 bits per heavy atom. The predicted octanol–water partition coefficient (Wildman–Crippen LogP) is 5.24. The van der Waals surface area contributed by atoms with E-state index in [4.69, 9.17) is 4.84 Å². The lowest BCUT2D eigenvalue weighted by molar-refractivity contribution is 0.0516. The largest absolute Gasteiger partial charge is 0.365 e. The van der Waals surface area contributed by atoms with Gasteiger partial charge >= 0.3 is 5.97 Å². The van der Waals surface area contributed by atoms with Crippen LogP contribution in [0, 0.1) is 6.92 Å². The average molecular weight is 329 g/mol. The predicted molar refractivity (Wildman–Crippen MR) is 101 cm³/mol. The fourth-order valence-electron chi connectivity index (χ4n) is 2.44. The molecular formula is C22H19NO2. The van der Waals surface area contributed by atoms with Crippen LogP contribution in [0.15, 0.2) is 84.0 Å². The lowest BCUT2D eigenvalue weighted by atomic mass is 10.0. The molecule has 0 unspecified atom stereocenters. The highest BCUT2D eigenvalue weighted by Crippen LogP contribution is 2.19. The van der Waals surface area contributed by atoms with E-state index in [-0.39, 0.29) is 0 Å². The fraction of sp³-hybridized carbons (Fsp3) is 0.0909. The Kier molecular flexibility index (Phi) is 5.05. The molecule has 0 heterocycles. The molecule has 0 radical (unpaired) electrons. The maximum absolute atomic E-state index is 12.2. The van der Waals surface area contributed by atoms with Crippen LogP contribution < -0.4 is 0 Å². The number of nitrogens with zero attached hydrogens (tertiary/aromatic N) is 1. The number of rotatable bonds is 4. The molecule has 0 bridgehead atoms. The van der Waals surface area contributed by atoms with Crippen LogP contribution in [-0.4, -0.2) is 11.7 Å². The summed E-state index contributed by atoms with van der Waals surface area (Å²) in [5.41, 5.74) is 5.39. The molecule has 3 nitrogen and oxygen atoms in total. The first kappa shape index (κ1) is 16.7. The second-order valence-corrected chi connectivity index (χ2v) is 5.86. The third kappa shape index (κ3) is 4.21. The molecule has 3 rings (SSSR count). The van der Waals surface area contributed by atoms with Crippen LogP contribution in [0.5, 0.6) is 0 Å². The summed E-state index contributed by atoms with van der Waals surface area (Å²) in [5, 5.41) is 3.95. The minimum absolute atomic E-state index is 0.467. The van der Waals surface area contributed by atoms with Crippen molar-refractivity contribution in [3.8, 4) is 11.1 Å². The zero-order valence-electron chi connectivity index (χ0n) is 14.3. The maximum atomic E-state index is 12.2. The smallest absolute Gasteiger partial charge is 0.313 e. The molecule has 0 aliphatic rings. The summed E-state index contributed by atoms with van der Waals surface area (Å²) in [6.07, 6.45) is 0. The molecule has 0 saturated carbocycles. The quantitative estimate of drug-likeness (QED) is 0.373. The van der Waals surface area contributed by atoms with Crippen molar-refractivity contribution in [3.63, 3.8) is 0 Å². The molecule has 0 aliphatic heterocycles. The number of hydrogen-bond donors (Lipinski definition) is 0. The van der Waals surface area contributed by atoms with Gasteiger partial charge in [0, 0.05) is 0 Å². The molecule has 0 fully saturated rings. The van der Waals surface area contributed by atoms with E-state index in [9.17, 15) is 4.79 Å². The zero-order valence-corrected chi connectivity index (χ0v) is 14.3. The van der Waals surface area contributed by atoms with Crippen molar-refractivity contribution in [2.45, 2.75) is 13.8 Å². The van der Waals surface area contributed by atoms with Crippen molar-refractivity contribution in [3.05, 3.63) is 95.6 Å². The minimum Gasteiger partial charge on any atom is -0.313 e. The molecule has 3 aromatic rings. The monoisotopic (exact) mass is 329 g/mol. The summed E-state index contributed by atoms with van der Waals surface area (Å²) in [5.74, 6) is -0.467. The first-order valence-corrected chi connectivity index (χ1v) is 8.12. The Bertz CT molecular complexity index is 880. The highest BCUT2D eigenvalue weighted by atomic mass is 16.7. The molecule has 3 heteroatoms. The molecule has 0 amide bonds. The van der Waals surface area contributed by atoms with Gasteiger partial charge in [0.05, 0.1) is 11.3 Å². The third-order valence-electron chi connectivity index (χ3n) is 3.96. The second-order valence-electron chi connectivity index (χ2n) is 5.86. The Balaban J connectivity index is 1.69.